The monoisotopic (exact) mass is 289 g/mol. The Morgan fingerprint density at radius 3 is 2.75 bits per heavy atom. The van der Waals surface area contributed by atoms with Gasteiger partial charge in [0.2, 0.25) is 5.95 Å². The fraction of sp³-hybridized carbons (Fsp3) is 0.357. The van der Waals surface area contributed by atoms with Crippen molar-refractivity contribution < 1.29 is 0 Å². The second kappa shape index (κ2) is 5.25. The lowest BCUT2D eigenvalue weighted by Crippen LogP contribution is -2.08. The van der Waals surface area contributed by atoms with Crippen LogP contribution in [0.3, 0.4) is 0 Å². The summed E-state index contributed by atoms with van der Waals surface area (Å²) in [6, 6.07) is 4.50. The Kier molecular flexibility index (Phi) is 3.44. The lowest BCUT2D eigenvalue weighted by Gasteiger charge is -2.12. The normalized spacial score (nSPS) is 14.2. The highest BCUT2D eigenvalue weighted by Crippen LogP contribution is 2.30. The van der Waals surface area contributed by atoms with Crippen molar-refractivity contribution in [3.63, 3.8) is 0 Å². The summed E-state index contributed by atoms with van der Waals surface area (Å²) in [5, 5.41) is 15.1. The smallest absolute Gasteiger partial charge is 0.244 e. The number of halogens is 1. The lowest BCUT2D eigenvalue weighted by atomic mass is 10.1. The minimum absolute atomic E-state index is 0.497. The second-order valence-corrected chi connectivity index (χ2v) is 5.55. The van der Waals surface area contributed by atoms with E-state index in [0.29, 0.717) is 22.8 Å². The van der Waals surface area contributed by atoms with Crippen LogP contribution in [0.1, 0.15) is 24.0 Å². The molecule has 1 aromatic carbocycles. The third-order valence-electron chi connectivity index (χ3n) is 3.15. The topological polar surface area (TPSA) is 62.7 Å². The van der Waals surface area contributed by atoms with E-state index in [2.05, 4.69) is 31.9 Å². The molecule has 1 heterocycles. The van der Waals surface area contributed by atoms with E-state index >= 15 is 0 Å². The van der Waals surface area contributed by atoms with Crippen molar-refractivity contribution >= 4 is 29.1 Å². The quantitative estimate of drug-likeness (QED) is 0.902. The van der Waals surface area contributed by atoms with Gasteiger partial charge in [-0.25, -0.2) is 0 Å². The van der Waals surface area contributed by atoms with Gasteiger partial charge in [0.1, 0.15) is 0 Å². The number of aryl methyl sites for hydroxylation is 2. The Morgan fingerprint density at radius 1 is 1.25 bits per heavy atom. The van der Waals surface area contributed by atoms with Gasteiger partial charge in [-0.05, 0) is 43.9 Å². The maximum atomic E-state index is 6.28. The number of hydrogen-bond donors (Lipinski definition) is 2. The van der Waals surface area contributed by atoms with Crippen LogP contribution < -0.4 is 10.6 Å². The number of benzene rings is 1. The molecule has 0 atom stereocenters. The molecule has 0 bridgehead atoms. The Balaban J connectivity index is 1.83. The lowest BCUT2D eigenvalue weighted by molar-refractivity contribution is 0.947. The van der Waals surface area contributed by atoms with Crippen LogP contribution in [0.15, 0.2) is 18.3 Å². The van der Waals surface area contributed by atoms with Gasteiger partial charge in [-0.2, -0.15) is 10.1 Å². The first-order valence-electron chi connectivity index (χ1n) is 6.62. The molecule has 0 aliphatic heterocycles. The van der Waals surface area contributed by atoms with Gasteiger partial charge in [-0.15, -0.1) is 5.10 Å². The molecule has 1 aliphatic rings. The number of anilines is 3. The molecule has 5 nitrogen and oxygen atoms in total. The van der Waals surface area contributed by atoms with Crippen LogP contribution in [0, 0.1) is 13.8 Å². The van der Waals surface area contributed by atoms with Crippen LogP contribution in [0.2, 0.25) is 5.02 Å². The Hall–Kier alpha value is -1.88. The molecule has 1 aromatic heterocycles. The van der Waals surface area contributed by atoms with Crippen LogP contribution in [0.5, 0.6) is 0 Å². The SMILES string of the molecule is Cc1cc(C)c(Nc2cnnc(NC3CC3)n2)c(Cl)c1. The molecular formula is C14H16ClN5. The van der Waals surface area contributed by atoms with Crippen LogP contribution >= 0.6 is 11.6 Å². The summed E-state index contributed by atoms with van der Waals surface area (Å²) < 4.78 is 0. The van der Waals surface area contributed by atoms with Gasteiger partial charge in [0.25, 0.3) is 0 Å². The van der Waals surface area contributed by atoms with Gasteiger partial charge in [-0.1, -0.05) is 17.7 Å². The summed E-state index contributed by atoms with van der Waals surface area (Å²) in [4.78, 5) is 4.40. The summed E-state index contributed by atoms with van der Waals surface area (Å²) >= 11 is 6.28. The van der Waals surface area contributed by atoms with Gasteiger partial charge < -0.3 is 10.6 Å². The molecule has 0 amide bonds. The molecule has 1 aliphatic carbocycles. The van der Waals surface area contributed by atoms with Gasteiger partial charge in [0.05, 0.1) is 16.9 Å². The molecular weight excluding hydrogens is 274 g/mol. The average Bonchev–Trinajstić information content (AvgIpc) is 3.18. The average molecular weight is 290 g/mol. The number of nitrogens with one attached hydrogen (secondary N) is 2. The van der Waals surface area contributed by atoms with Gasteiger partial charge in [-0.3, -0.25) is 0 Å². The van der Waals surface area contributed by atoms with E-state index in [-0.39, 0.29) is 0 Å². The highest BCUT2D eigenvalue weighted by atomic mass is 35.5. The van der Waals surface area contributed by atoms with Crippen molar-refractivity contribution in [1.29, 1.82) is 0 Å². The number of rotatable bonds is 4. The maximum absolute atomic E-state index is 6.28. The van der Waals surface area contributed by atoms with Gasteiger partial charge >= 0.3 is 0 Å². The van der Waals surface area contributed by atoms with Crippen LogP contribution in [-0.4, -0.2) is 21.2 Å². The molecule has 1 fully saturated rings. The number of aromatic nitrogens is 3. The zero-order valence-corrected chi connectivity index (χ0v) is 12.2. The van der Waals surface area contributed by atoms with Crippen molar-refractivity contribution in [1.82, 2.24) is 15.2 Å². The molecule has 6 heteroatoms. The van der Waals surface area contributed by atoms with E-state index in [0.717, 1.165) is 16.8 Å². The summed E-state index contributed by atoms with van der Waals surface area (Å²) in [5.41, 5.74) is 3.07. The Labute approximate surface area is 122 Å². The third kappa shape index (κ3) is 2.99. The maximum Gasteiger partial charge on any atom is 0.244 e. The first-order valence-corrected chi connectivity index (χ1v) is 6.99. The van der Waals surface area contributed by atoms with E-state index < -0.39 is 0 Å². The zero-order chi connectivity index (χ0) is 14.1. The van der Waals surface area contributed by atoms with Crippen molar-refractivity contribution in [2.24, 2.45) is 0 Å². The van der Waals surface area contributed by atoms with Gasteiger partial charge in [0.15, 0.2) is 5.82 Å². The first-order chi connectivity index (χ1) is 9.61. The predicted molar refractivity (Wildman–Crippen MR) is 80.7 cm³/mol. The van der Waals surface area contributed by atoms with Crippen molar-refractivity contribution in [3.8, 4) is 0 Å². The predicted octanol–water partition coefficient (Wildman–Crippen LogP) is 3.46. The molecule has 0 saturated heterocycles. The number of nitrogens with zero attached hydrogens (tertiary/aromatic N) is 3. The molecule has 3 rings (SSSR count). The second-order valence-electron chi connectivity index (χ2n) is 5.15. The van der Waals surface area contributed by atoms with Gasteiger partial charge in [0, 0.05) is 6.04 Å². The molecule has 0 radical (unpaired) electrons. The zero-order valence-electron chi connectivity index (χ0n) is 11.4. The minimum Gasteiger partial charge on any atom is -0.350 e. The Bertz CT molecular complexity index is 616. The first kappa shape index (κ1) is 13.1. The molecule has 0 unspecified atom stereocenters. The van der Waals surface area contributed by atoms with E-state index in [1.807, 2.05) is 19.9 Å². The van der Waals surface area contributed by atoms with Crippen LogP contribution in [0.25, 0.3) is 0 Å². The molecule has 2 aromatic rings. The highest BCUT2D eigenvalue weighted by molar-refractivity contribution is 6.33. The third-order valence-corrected chi connectivity index (χ3v) is 3.45. The van der Waals surface area contributed by atoms with Crippen molar-refractivity contribution in [2.45, 2.75) is 32.7 Å². The Morgan fingerprint density at radius 2 is 2.05 bits per heavy atom. The molecule has 104 valence electrons. The van der Waals surface area contributed by atoms with Crippen molar-refractivity contribution in [3.05, 3.63) is 34.5 Å². The molecule has 1 saturated carbocycles. The van der Waals surface area contributed by atoms with E-state index in [9.17, 15) is 0 Å². The largest absolute Gasteiger partial charge is 0.350 e. The molecule has 2 N–H and O–H groups in total. The van der Waals surface area contributed by atoms with Crippen LogP contribution in [0.4, 0.5) is 17.5 Å². The highest BCUT2D eigenvalue weighted by Gasteiger charge is 2.22. The molecule has 0 spiro atoms. The summed E-state index contributed by atoms with van der Waals surface area (Å²) in [6.45, 7) is 4.03. The summed E-state index contributed by atoms with van der Waals surface area (Å²) in [6.07, 6.45) is 3.93. The molecule has 20 heavy (non-hydrogen) atoms. The standard InChI is InChI=1S/C14H16ClN5/c1-8-5-9(2)13(11(15)6-8)18-12-7-16-20-14(19-12)17-10-3-4-10/h5-7,10H,3-4H2,1-2H3,(H2,17,18,19,20). The van der Waals surface area contributed by atoms with E-state index in [4.69, 9.17) is 11.6 Å². The summed E-state index contributed by atoms with van der Waals surface area (Å²) in [5.74, 6) is 1.19. The van der Waals surface area contributed by atoms with E-state index in [1.165, 1.54) is 12.8 Å². The summed E-state index contributed by atoms with van der Waals surface area (Å²) in [7, 11) is 0. The van der Waals surface area contributed by atoms with Crippen molar-refractivity contribution in [2.75, 3.05) is 10.6 Å². The fourth-order valence-corrected chi connectivity index (χ4v) is 2.41. The van der Waals surface area contributed by atoms with E-state index in [1.54, 1.807) is 6.20 Å². The van der Waals surface area contributed by atoms with Crippen LogP contribution in [-0.2, 0) is 0 Å². The number of hydrogen-bond acceptors (Lipinski definition) is 5. The minimum atomic E-state index is 0.497. The fourth-order valence-electron chi connectivity index (χ4n) is 2.04.